The van der Waals surface area contributed by atoms with Gasteiger partial charge in [0.2, 0.25) is 0 Å². The summed E-state index contributed by atoms with van der Waals surface area (Å²) in [6, 6.07) is 3.60. The molecule has 0 aliphatic carbocycles. The van der Waals surface area contributed by atoms with Crippen LogP contribution in [0.3, 0.4) is 0 Å². The molecule has 2 aromatic rings. The van der Waals surface area contributed by atoms with E-state index in [1.807, 2.05) is 6.07 Å². The summed E-state index contributed by atoms with van der Waals surface area (Å²) in [5.74, 6) is -1.57. The predicted molar refractivity (Wildman–Crippen MR) is 76.8 cm³/mol. The van der Waals surface area contributed by atoms with E-state index in [4.69, 9.17) is 5.11 Å². The lowest BCUT2D eigenvalue weighted by atomic mass is 10.1. The van der Waals surface area contributed by atoms with E-state index in [1.54, 1.807) is 23.6 Å². The average Bonchev–Trinajstić information content (AvgIpc) is 2.63. The molecule has 0 saturated carbocycles. The minimum absolute atomic E-state index is 0.329. The van der Waals surface area contributed by atoms with Crippen molar-refractivity contribution in [3.05, 3.63) is 34.2 Å². The summed E-state index contributed by atoms with van der Waals surface area (Å²) in [5, 5.41) is 11.6. The number of carbonyl (C=O) groups is 2. The van der Waals surface area contributed by atoms with Crippen LogP contribution >= 0.6 is 15.9 Å². The van der Waals surface area contributed by atoms with E-state index in [0.717, 1.165) is 4.47 Å². The van der Waals surface area contributed by atoms with Gasteiger partial charge in [0.1, 0.15) is 16.9 Å². The van der Waals surface area contributed by atoms with Crippen LogP contribution in [0, 0.1) is 6.92 Å². The van der Waals surface area contributed by atoms with Gasteiger partial charge in [-0.15, -0.1) is 0 Å². The number of nitrogens with one attached hydrogen (secondary N) is 1. The van der Waals surface area contributed by atoms with Crippen molar-refractivity contribution in [2.75, 3.05) is 0 Å². The van der Waals surface area contributed by atoms with Gasteiger partial charge in [-0.25, -0.2) is 9.78 Å². The summed E-state index contributed by atoms with van der Waals surface area (Å²) in [6.45, 7) is 4.58. The minimum Gasteiger partial charge on any atom is -0.480 e. The number of aliphatic carboxylic acids is 1. The quantitative estimate of drug-likeness (QED) is 0.895. The van der Waals surface area contributed by atoms with Crippen molar-refractivity contribution in [3.63, 3.8) is 0 Å². The van der Waals surface area contributed by atoms with Crippen LogP contribution in [0.1, 0.15) is 30.0 Å². The Bertz CT molecular complexity index is 706. The second-order valence-corrected chi connectivity index (χ2v) is 5.92. The first-order valence-electron chi connectivity index (χ1n) is 5.92. The second kappa shape index (κ2) is 4.90. The van der Waals surface area contributed by atoms with Crippen molar-refractivity contribution in [1.82, 2.24) is 14.7 Å². The highest BCUT2D eigenvalue weighted by molar-refractivity contribution is 9.10. The van der Waals surface area contributed by atoms with Gasteiger partial charge < -0.3 is 10.4 Å². The summed E-state index contributed by atoms with van der Waals surface area (Å²) in [5.41, 5.74) is 0.154. The highest BCUT2D eigenvalue weighted by Crippen LogP contribution is 2.17. The van der Waals surface area contributed by atoms with E-state index in [-0.39, 0.29) is 0 Å². The molecule has 0 aliphatic heterocycles. The lowest BCUT2D eigenvalue weighted by Gasteiger charge is -2.20. The first kappa shape index (κ1) is 14.5. The number of imidazole rings is 1. The maximum Gasteiger partial charge on any atom is 0.328 e. The molecule has 0 bridgehead atoms. The lowest BCUT2D eigenvalue weighted by molar-refractivity contribution is -0.143. The van der Waals surface area contributed by atoms with Gasteiger partial charge in [0.05, 0.1) is 5.69 Å². The monoisotopic (exact) mass is 339 g/mol. The molecule has 0 radical (unpaired) electrons. The molecule has 1 amide bonds. The molecule has 2 aromatic heterocycles. The molecular formula is C13H14BrN3O3. The Labute approximate surface area is 123 Å². The Hall–Kier alpha value is -1.89. The van der Waals surface area contributed by atoms with Crippen LogP contribution in [0.5, 0.6) is 0 Å². The Balaban J connectivity index is 2.47. The smallest absolute Gasteiger partial charge is 0.328 e. The zero-order valence-electron chi connectivity index (χ0n) is 11.3. The molecule has 0 aliphatic rings. The minimum atomic E-state index is -1.35. The van der Waals surface area contributed by atoms with Crippen LogP contribution in [-0.4, -0.2) is 31.9 Å². The van der Waals surface area contributed by atoms with Crippen LogP contribution in [0.25, 0.3) is 5.65 Å². The standard InChI is InChI=1S/C13H14BrN3O3/c1-7-10(11(18)16-13(2,3)12(19)20)17-6-8(14)4-5-9(17)15-7/h4-6H,1-3H3,(H,16,18)(H,19,20). The number of amides is 1. The van der Waals surface area contributed by atoms with Crippen molar-refractivity contribution in [2.45, 2.75) is 26.3 Å². The van der Waals surface area contributed by atoms with Gasteiger partial charge in [0.15, 0.2) is 0 Å². The van der Waals surface area contributed by atoms with E-state index in [2.05, 4.69) is 26.2 Å². The summed E-state index contributed by atoms with van der Waals surface area (Å²) in [7, 11) is 0. The molecule has 7 heteroatoms. The van der Waals surface area contributed by atoms with Gasteiger partial charge in [-0.1, -0.05) is 0 Å². The zero-order chi connectivity index (χ0) is 15.1. The van der Waals surface area contributed by atoms with Gasteiger partial charge in [-0.05, 0) is 48.8 Å². The fraction of sp³-hybridized carbons (Fsp3) is 0.308. The highest BCUT2D eigenvalue weighted by atomic mass is 79.9. The van der Waals surface area contributed by atoms with E-state index in [9.17, 15) is 9.59 Å². The maximum absolute atomic E-state index is 12.3. The Morgan fingerprint density at radius 3 is 2.65 bits per heavy atom. The third kappa shape index (κ3) is 2.53. The van der Waals surface area contributed by atoms with Crippen LogP contribution in [0.2, 0.25) is 0 Å². The topological polar surface area (TPSA) is 83.7 Å². The van der Waals surface area contributed by atoms with Crippen molar-refractivity contribution in [1.29, 1.82) is 0 Å². The SMILES string of the molecule is Cc1nc2ccc(Br)cn2c1C(=O)NC(C)(C)C(=O)O. The summed E-state index contributed by atoms with van der Waals surface area (Å²) in [6.07, 6.45) is 1.72. The van der Waals surface area contributed by atoms with Gasteiger partial charge in [-0.2, -0.15) is 0 Å². The number of halogens is 1. The number of hydrogen-bond acceptors (Lipinski definition) is 3. The molecule has 0 saturated heterocycles. The first-order chi connectivity index (χ1) is 9.22. The van der Waals surface area contributed by atoms with Gasteiger partial charge in [-0.3, -0.25) is 9.20 Å². The highest BCUT2D eigenvalue weighted by Gasteiger charge is 2.31. The fourth-order valence-corrected chi connectivity index (χ4v) is 2.14. The van der Waals surface area contributed by atoms with Crippen molar-refractivity contribution >= 4 is 33.5 Å². The molecule has 0 unspecified atom stereocenters. The largest absolute Gasteiger partial charge is 0.480 e. The summed E-state index contributed by atoms with van der Waals surface area (Å²) >= 11 is 3.34. The Morgan fingerprint density at radius 2 is 2.05 bits per heavy atom. The van der Waals surface area contributed by atoms with Gasteiger partial charge in [0, 0.05) is 10.7 Å². The van der Waals surface area contributed by atoms with Crippen LogP contribution in [-0.2, 0) is 4.79 Å². The maximum atomic E-state index is 12.3. The Morgan fingerprint density at radius 1 is 1.40 bits per heavy atom. The van der Waals surface area contributed by atoms with E-state index in [1.165, 1.54) is 13.8 Å². The van der Waals surface area contributed by atoms with E-state index in [0.29, 0.717) is 17.0 Å². The van der Waals surface area contributed by atoms with Crippen molar-refractivity contribution < 1.29 is 14.7 Å². The van der Waals surface area contributed by atoms with Crippen molar-refractivity contribution in [2.24, 2.45) is 0 Å². The molecule has 0 aromatic carbocycles. The Kier molecular flexibility index (Phi) is 3.56. The summed E-state index contributed by atoms with van der Waals surface area (Å²) < 4.78 is 2.43. The number of aryl methyl sites for hydroxylation is 1. The van der Waals surface area contributed by atoms with Crippen molar-refractivity contribution in [3.8, 4) is 0 Å². The molecule has 6 nitrogen and oxygen atoms in total. The zero-order valence-corrected chi connectivity index (χ0v) is 12.9. The van der Waals surface area contributed by atoms with Gasteiger partial charge in [0.25, 0.3) is 5.91 Å². The molecule has 2 N–H and O–H groups in total. The van der Waals surface area contributed by atoms with Crippen LogP contribution in [0.4, 0.5) is 0 Å². The van der Waals surface area contributed by atoms with E-state index < -0.39 is 17.4 Å². The average molecular weight is 340 g/mol. The number of aromatic nitrogens is 2. The van der Waals surface area contributed by atoms with Gasteiger partial charge >= 0.3 is 5.97 Å². The number of carboxylic acid groups (broad SMARTS) is 1. The molecule has 0 spiro atoms. The third-order valence-corrected chi connectivity index (χ3v) is 3.40. The normalized spacial score (nSPS) is 11.6. The number of hydrogen-bond donors (Lipinski definition) is 2. The molecule has 2 heterocycles. The number of pyridine rings is 1. The van der Waals surface area contributed by atoms with E-state index >= 15 is 0 Å². The molecule has 20 heavy (non-hydrogen) atoms. The molecule has 0 atom stereocenters. The number of rotatable bonds is 3. The van der Waals surface area contributed by atoms with Crippen LogP contribution in [0.15, 0.2) is 22.8 Å². The second-order valence-electron chi connectivity index (χ2n) is 5.01. The molecule has 2 rings (SSSR count). The molecule has 106 valence electrons. The number of carboxylic acids is 1. The van der Waals surface area contributed by atoms with Crippen LogP contribution < -0.4 is 5.32 Å². The number of fused-ring (bicyclic) bond motifs is 1. The number of nitrogens with zero attached hydrogens (tertiary/aromatic N) is 2. The first-order valence-corrected chi connectivity index (χ1v) is 6.72. The molecular weight excluding hydrogens is 326 g/mol. The third-order valence-electron chi connectivity index (χ3n) is 2.93. The molecule has 0 fully saturated rings. The lowest BCUT2D eigenvalue weighted by Crippen LogP contribution is -2.50. The summed E-state index contributed by atoms with van der Waals surface area (Å²) in [4.78, 5) is 27.7. The predicted octanol–water partition coefficient (Wildman–Crippen LogP) is 2.00. The number of carbonyl (C=O) groups excluding carboxylic acids is 1. The fourth-order valence-electron chi connectivity index (χ4n) is 1.81.